The van der Waals surface area contributed by atoms with Crippen LogP contribution < -0.4 is 0 Å². The van der Waals surface area contributed by atoms with E-state index in [1.807, 2.05) is 0 Å². The monoisotopic (exact) mass is 322 g/mol. The fourth-order valence-electron chi connectivity index (χ4n) is 6.63. The van der Waals surface area contributed by atoms with E-state index >= 15 is 0 Å². The Morgan fingerprint density at radius 2 is 1.04 bits per heavy atom. The molecule has 4 atom stereocenters. The first-order chi connectivity index (χ1) is 10.4. The Bertz CT molecular complexity index is 372. The van der Waals surface area contributed by atoms with Crippen molar-refractivity contribution in [3.8, 4) is 0 Å². The molecule has 23 heavy (non-hydrogen) atoms. The molecule has 0 saturated heterocycles. The quantitative estimate of drug-likeness (QED) is 0.541. The summed E-state index contributed by atoms with van der Waals surface area (Å²) in [6, 6.07) is 0. The summed E-state index contributed by atoms with van der Waals surface area (Å²) in [7, 11) is 0. The van der Waals surface area contributed by atoms with Gasteiger partial charge in [-0.15, -0.1) is 0 Å². The van der Waals surface area contributed by atoms with Crippen molar-refractivity contribution in [1.82, 2.24) is 0 Å². The van der Waals surface area contributed by atoms with Gasteiger partial charge in [0, 0.05) is 0 Å². The van der Waals surface area contributed by atoms with Crippen molar-refractivity contribution < 1.29 is 4.74 Å². The molecular weight excluding hydrogens is 280 g/mol. The van der Waals surface area contributed by atoms with Crippen molar-refractivity contribution in [2.75, 3.05) is 0 Å². The van der Waals surface area contributed by atoms with Gasteiger partial charge >= 0.3 is 0 Å². The van der Waals surface area contributed by atoms with Crippen LogP contribution in [0.5, 0.6) is 0 Å². The second-order valence-electron chi connectivity index (χ2n) is 10.9. The van der Waals surface area contributed by atoms with Crippen molar-refractivity contribution in [3.63, 3.8) is 0 Å². The van der Waals surface area contributed by atoms with Gasteiger partial charge in [0.2, 0.25) is 0 Å². The molecule has 136 valence electrons. The summed E-state index contributed by atoms with van der Waals surface area (Å²) in [6.45, 7) is 19.4. The molecule has 2 rings (SSSR count). The smallest absolute Gasteiger partial charge is 0.0695 e. The Labute approximate surface area is 146 Å². The lowest BCUT2D eigenvalue weighted by atomic mass is 9.62. The largest absolute Gasteiger partial charge is 0.369 e. The van der Waals surface area contributed by atoms with Crippen molar-refractivity contribution in [2.24, 2.45) is 22.7 Å². The highest BCUT2D eigenvalue weighted by Gasteiger charge is 2.50. The van der Waals surface area contributed by atoms with Crippen molar-refractivity contribution in [1.29, 1.82) is 0 Å². The van der Waals surface area contributed by atoms with E-state index in [4.69, 9.17) is 4.74 Å². The van der Waals surface area contributed by atoms with Gasteiger partial charge in [-0.2, -0.15) is 0 Å². The van der Waals surface area contributed by atoms with Crippen LogP contribution in [0.2, 0.25) is 0 Å². The maximum Gasteiger partial charge on any atom is 0.0695 e. The Balaban J connectivity index is 2.27. The van der Waals surface area contributed by atoms with E-state index < -0.39 is 0 Å². The Kier molecular flexibility index (Phi) is 5.33. The second-order valence-corrected chi connectivity index (χ2v) is 10.9. The van der Waals surface area contributed by atoms with Gasteiger partial charge in [-0.25, -0.2) is 0 Å². The topological polar surface area (TPSA) is 9.23 Å². The molecule has 0 heterocycles. The maximum atomic E-state index is 7.22. The minimum Gasteiger partial charge on any atom is -0.369 e. The number of ether oxygens (including phenoxy) is 1. The highest BCUT2D eigenvalue weighted by Crippen LogP contribution is 2.54. The normalized spacial score (nSPS) is 43.3. The highest BCUT2D eigenvalue weighted by atomic mass is 16.5. The van der Waals surface area contributed by atoms with E-state index in [-0.39, 0.29) is 11.2 Å². The first-order valence-electron chi connectivity index (χ1n) is 10.1. The Hall–Kier alpha value is -0.0400. The molecular formula is C22H42O. The molecule has 0 N–H and O–H groups in total. The zero-order valence-electron chi connectivity index (χ0n) is 17.2. The molecule has 2 aliphatic carbocycles. The predicted molar refractivity (Wildman–Crippen MR) is 101 cm³/mol. The van der Waals surface area contributed by atoms with Crippen LogP contribution >= 0.6 is 0 Å². The molecule has 0 aromatic rings. The zero-order valence-corrected chi connectivity index (χ0v) is 17.2. The summed E-state index contributed by atoms with van der Waals surface area (Å²) in [6.07, 6.45) is 9.99. The second kappa shape index (κ2) is 6.36. The molecule has 2 aliphatic rings. The van der Waals surface area contributed by atoms with Gasteiger partial charge in [-0.05, 0) is 74.0 Å². The first kappa shape index (κ1) is 19.3. The van der Waals surface area contributed by atoms with Crippen molar-refractivity contribution >= 4 is 0 Å². The van der Waals surface area contributed by atoms with Gasteiger partial charge in [0.1, 0.15) is 0 Å². The van der Waals surface area contributed by atoms with Crippen LogP contribution in [0.25, 0.3) is 0 Å². The molecule has 0 radical (unpaired) electrons. The van der Waals surface area contributed by atoms with Crippen LogP contribution in [0.15, 0.2) is 0 Å². The molecule has 1 nitrogen and oxygen atoms in total. The van der Waals surface area contributed by atoms with Gasteiger partial charge in [-0.3, -0.25) is 0 Å². The van der Waals surface area contributed by atoms with Crippen molar-refractivity contribution in [3.05, 3.63) is 0 Å². The van der Waals surface area contributed by atoms with Gasteiger partial charge in [0.15, 0.2) is 0 Å². The molecule has 0 aromatic heterocycles. The van der Waals surface area contributed by atoms with E-state index in [0.29, 0.717) is 10.8 Å². The number of rotatable bonds is 4. The van der Waals surface area contributed by atoms with Crippen LogP contribution in [0.1, 0.15) is 107 Å². The van der Waals surface area contributed by atoms with Crippen LogP contribution in [0.4, 0.5) is 0 Å². The SMILES string of the molecule is CCC1(OC2(CC)CC(C)CC(C)(C)C2)CC(C)CC(C)(C)C1. The molecule has 0 amide bonds. The van der Waals surface area contributed by atoms with Crippen LogP contribution in [0, 0.1) is 22.7 Å². The summed E-state index contributed by atoms with van der Waals surface area (Å²) in [5, 5.41) is 0. The first-order valence-corrected chi connectivity index (χ1v) is 10.1. The molecule has 4 unspecified atom stereocenters. The summed E-state index contributed by atoms with van der Waals surface area (Å²) in [5.74, 6) is 1.56. The summed E-state index contributed by atoms with van der Waals surface area (Å²) >= 11 is 0. The fourth-order valence-corrected chi connectivity index (χ4v) is 6.63. The average Bonchev–Trinajstić information content (AvgIpc) is 2.33. The van der Waals surface area contributed by atoms with Crippen LogP contribution in [-0.2, 0) is 4.74 Å². The third kappa shape index (κ3) is 4.53. The highest BCUT2D eigenvalue weighted by molar-refractivity contribution is 5.00. The molecule has 0 spiro atoms. The zero-order chi connectivity index (χ0) is 17.5. The van der Waals surface area contributed by atoms with Gasteiger partial charge in [0.05, 0.1) is 11.2 Å². The molecule has 0 aliphatic heterocycles. The third-order valence-electron chi connectivity index (χ3n) is 6.57. The summed E-state index contributed by atoms with van der Waals surface area (Å²) in [4.78, 5) is 0. The van der Waals surface area contributed by atoms with E-state index in [1.54, 1.807) is 0 Å². The lowest BCUT2D eigenvalue weighted by molar-refractivity contribution is -0.223. The number of hydrogen-bond acceptors (Lipinski definition) is 1. The lowest BCUT2D eigenvalue weighted by Gasteiger charge is -2.55. The Morgan fingerprint density at radius 3 is 1.30 bits per heavy atom. The van der Waals surface area contributed by atoms with E-state index in [9.17, 15) is 0 Å². The molecule has 0 aromatic carbocycles. The van der Waals surface area contributed by atoms with E-state index in [2.05, 4.69) is 55.4 Å². The average molecular weight is 323 g/mol. The molecule has 2 saturated carbocycles. The summed E-state index contributed by atoms with van der Waals surface area (Å²) < 4.78 is 7.22. The maximum absolute atomic E-state index is 7.22. The lowest BCUT2D eigenvalue weighted by Crippen LogP contribution is -2.53. The minimum absolute atomic E-state index is 0.102. The van der Waals surface area contributed by atoms with Gasteiger partial charge < -0.3 is 4.74 Å². The van der Waals surface area contributed by atoms with Gasteiger partial charge in [-0.1, -0.05) is 55.4 Å². The predicted octanol–water partition coefficient (Wildman–Crippen LogP) is 6.99. The molecule has 0 bridgehead atoms. The van der Waals surface area contributed by atoms with Crippen LogP contribution in [0.3, 0.4) is 0 Å². The summed E-state index contributed by atoms with van der Waals surface area (Å²) in [5.41, 5.74) is 1.03. The standard InChI is InChI=1S/C22H42O/c1-9-21(13-17(3)11-19(5,6)15-21)23-22(10-2)14-18(4)12-20(7,8)16-22/h17-18H,9-16H2,1-8H3. The number of hydrogen-bond donors (Lipinski definition) is 0. The Morgan fingerprint density at radius 1 is 0.696 bits per heavy atom. The van der Waals surface area contributed by atoms with Crippen LogP contribution in [-0.4, -0.2) is 11.2 Å². The van der Waals surface area contributed by atoms with Gasteiger partial charge in [0.25, 0.3) is 0 Å². The van der Waals surface area contributed by atoms with E-state index in [1.165, 1.54) is 38.5 Å². The fraction of sp³-hybridized carbons (Fsp3) is 1.00. The molecule has 2 fully saturated rings. The van der Waals surface area contributed by atoms with Crippen molar-refractivity contribution in [2.45, 2.75) is 118 Å². The minimum atomic E-state index is 0.102. The van der Waals surface area contributed by atoms with E-state index in [0.717, 1.165) is 24.7 Å². The third-order valence-corrected chi connectivity index (χ3v) is 6.57. The molecule has 1 heteroatoms.